The molecule has 4 rings (SSSR count). The van der Waals surface area contributed by atoms with Gasteiger partial charge < -0.3 is 14.8 Å². The maximum atomic E-state index is 13.9. The minimum atomic E-state index is -0.805. The number of amidine groups is 1. The number of nitrogens with zero attached hydrogens (tertiary/aromatic N) is 4. The number of nitrogens with one attached hydrogen (secondary N) is 1. The minimum Gasteiger partial charge on any atom is -0.463 e. The second-order valence-corrected chi connectivity index (χ2v) is 9.95. The Bertz CT molecular complexity index is 1210. The highest BCUT2D eigenvalue weighted by Crippen LogP contribution is 2.37. The maximum absolute atomic E-state index is 13.9. The van der Waals surface area contributed by atoms with Crippen LogP contribution in [0, 0.1) is 5.82 Å². The fraction of sp³-hybridized carbons (Fsp3) is 0.417. The first kappa shape index (κ1) is 27.3. The molecule has 3 heterocycles. The minimum absolute atomic E-state index is 0.160. The van der Waals surface area contributed by atoms with E-state index < -0.39 is 23.9 Å². The molecule has 2 unspecified atom stereocenters. The van der Waals surface area contributed by atoms with Crippen LogP contribution in [0.15, 0.2) is 50.5 Å². The number of halogens is 2. The predicted molar refractivity (Wildman–Crippen MR) is 138 cm³/mol. The second kappa shape index (κ2) is 12.2. The predicted octanol–water partition coefficient (Wildman–Crippen LogP) is 2.67. The number of morpholine rings is 1. The molecule has 1 aromatic carbocycles. The Hall–Kier alpha value is -2.71. The molecule has 1 saturated heterocycles. The van der Waals surface area contributed by atoms with Crippen LogP contribution in [-0.4, -0.2) is 85.8 Å². The molecule has 37 heavy (non-hydrogen) atoms. The van der Waals surface area contributed by atoms with Gasteiger partial charge in [0.1, 0.15) is 17.9 Å². The highest BCUT2D eigenvalue weighted by Gasteiger charge is 2.38. The van der Waals surface area contributed by atoms with E-state index in [4.69, 9.17) is 19.3 Å². The quantitative estimate of drug-likeness (QED) is 0.367. The number of amides is 1. The summed E-state index contributed by atoms with van der Waals surface area (Å²) in [7, 11) is 2.95. The third kappa shape index (κ3) is 6.07. The van der Waals surface area contributed by atoms with E-state index in [9.17, 15) is 14.0 Å². The normalized spacial score (nSPS) is 20.3. The second-order valence-electron chi connectivity index (χ2n) is 8.20. The summed E-state index contributed by atoms with van der Waals surface area (Å²) in [6.07, 6.45) is 1.66. The number of aliphatic imine (C=N–C) groups is 1. The fourth-order valence-corrected chi connectivity index (χ4v) is 5.28. The topological polar surface area (TPSA) is 106 Å². The van der Waals surface area contributed by atoms with Crippen molar-refractivity contribution in [2.75, 3.05) is 47.1 Å². The molecule has 2 aliphatic rings. The highest BCUT2D eigenvalue weighted by molar-refractivity contribution is 9.10. The number of thiazole rings is 1. The molecule has 1 fully saturated rings. The zero-order chi connectivity index (χ0) is 26.5. The van der Waals surface area contributed by atoms with Gasteiger partial charge >= 0.3 is 5.97 Å². The molecule has 0 spiro atoms. The van der Waals surface area contributed by atoms with Crippen LogP contribution in [0.5, 0.6) is 0 Å². The van der Waals surface area contributed by atoms with Crippen LogP contribution in [0.3, 0.4) is 0 Å². The van der Waals surface area contributed by atoms with Crippen LogP contribution in [0.2, 0.25) is 0 Å². The average molecular weight is 596 g/mol. The van der Waals surface area contributed by atoms with Crippen molar-refractivity contribution in [2.24, 2.45) is 4.99 Å². The van der Waals surface area contributed by atoms with E-state index in [2.05, 4.69) is 26.2 Å². The van der Waals surface area contributed by atoms with Crippen molar-refractivity contribution in [3.8, 4) is 0 Å². The molecule has 1 N–H and O–H groups in total. The molecule has 2 atom stereocenters. The number of hydroxylamine groups is 2. The van der Waals surface area contributed by atoms with Gasteiger partial charge in [0.05, 0.1) is 32.5 Å². The third-order valence-electron chi connectivity index (χ3n) is 5.98. The zero-order valence-electron chi connectivity index (χ0n) is 20.6. The summed E-state index contributed by atoms with van der Waals surface area (Å²) in [6, 6.07) is 2.80. The lowest BCUT2D eigenvalue weighted by atomic mass is 9.95. The smallest absolute Gasteiger partial charge is 0.338 e. The summed E-state index contributed by atoms with van der Waals surface area (Å²) < 4.78 is 25.4. The average Bonchev–Trinajstić information content (AvgIpc) is 3.43. The summed E-state index contributed by atoms with van der Waals surface area (Å²) in [4.78, 5) is 42.5. The van der Waals surface area contributed by atoms with Crippen molar-refractivity contribution in [3.05, 3.63) is 61.9 Å². The van der Waals surface area contributed by atoms with Gasteiger partial charge in [-0.25, -0.2) is 19.2 Å². The van der Waals surface area contributed by atoms with Gasteiger partial charge in [0.15, 0.2) is 10.8 Å². The number of carbonyl (C=O) groups is 2. The monoisotopic (exact) mass is 595 g/mol. The summed E-state index contributed by atoms with van der Waals surface area (Å²) in [6.45, 7) is 3.12. The lowest BCUT2D eigenvalue weighted by Gasteiger charge is -2.37. The van der Waals surface area contributed by atoms with Crippen LogP contribution in [0.4, 0.5) is 4.39 Å². The molecule has 2 aromatic rings. The van der Waals surface area contributed by atoms with E-state index in [0.717, 1.165) is 5.06 Å². The molecule has 2 aliphatic heterocycles. The molecule has 0 saturated carbocycles. The van der Waals surface area contributed by atoms with Gasteiger partial charge in [0, 0.05) is 41.9 Å². The van der Waals surface area contributed by atoms with Crippen molar-refractivity contribution >= 4 is 45.0 Å². The van der Waals surface area contributed by atoms with Gasteiger partial charge in [0.2, 0.25) is 0 Å². The summed E-state index contributed by atoms with van der Waals surface area (Å²) >= 11 is 4.82. The van der Waals surface area contributed by atoms with Gasteiger partial charge in [-0.1, -0.05) is 22.0 Å². The molecule has 1 aromatic heterocycles. The van der Waals surface area contributed by atoms with Crippen molar-refractivity contribution < 1.29 is 28.3 Å². The Morgan fingerprint density at radius 2 is 2.22 bits per heavy atom. The van der Waals surface area contributed by atoms with E-state index in [1.54, 1.807) is 19.2 Å². The summed E-state index contributed by atoms with van der Waals surface area (Å²) in [5, 5.41) is 6.88. The molecule has 198 valence electrons. The van der Waals surface area contributed by atoms with Gasteiger partial charge in [-0.05, 0) is 24.6 Å². The lowest BCUT2D eigenvalue weighted by molar-refractivity contribution is -0.179. The molecule has 1 amide bonds. The van der Waals surface area contributed by atoms with E-state index in [1.165, 1.54) is 37.6 Å². The van der Waals surface area contributed by atoms with Crippen molar-refractivity contribution in [1.29, 1.82) is 0 Å². The SMILES string of the molecule is CCOC(=O)C1=C(CN2CCOCC2C(=O)N(C)OC)NC(c2nccs2)=NC1c1ccc(F)cc1Br. The first-order chi connectivity index (χ1) is 17.8. The Labute approximate surface area is 226 Å². The molecule has 10 nitrogen and oxygen atoms in total. The largest absolute Gasteiger partial charge is 0.463 e. The third-order valence-corrected chi connectivity index (χ3v) is 7.45. The Morgan fingerprint density at radius 3 is 2.89 bits per heavy atom. The highest BCUT2D eigenvalue weighted by atomic mass is 79.9. The van der Waals surface area contributed by atoms with Crippen molar-refractivity contribution in [3.63, 3.8) is 0 Å². The number of hydrogen-bond donors (Lipinski definition) is 1. The number of esters is 1. The van der Waals surface area contributed by atoms with Gasteiger partial charge in [0.25, 0.3) is 5.91 Å². The Balaban J connectivity index is 1.81. The molecular formula is C24H27BrFN5O5S. The number of rotatable bonds is 8. The molecular weight excluding hydrogens is 569 g/mol. The molecule has 0 bridgehead atoms. The number of ether oxygens (including phenoxy) is 2. The standard InChI is InChI=1S/C24H27BrFN5O5S/c1-4-36-24(33)19-17(12-31-8-9-35-13-18(31)23(32)30(2)34-3)28-21(22-27-7-10-37-22)29-20(19)15-6-5-14(26)11-16(15)25/h5-7,10-11,18,20H,4,8-9,12-13H2,1-3H3,(H,28,29). The summed E-state index contributed by atoms with van der Waals surface area (Å²) in [5.74, 6) is -0.793. The van der Waals surface area contributed by atoms with Crippen molar-refractivity contribution in [1.82, 2.24) is 20.3 Å². The van der Waals surface area contributed by atoms with Crippen LogP contribution < -0.4 is 5.32 Å². The van der Waals surface area contributed by atoms with Gasteiger partial charge in [-0.15, -0.1) is 11.3 Å². The lowest BCUT2D eigenvalue weighted by Crippen LogP contribution is -2.55. The van der Waals surface area contributed by atoms with E-state index >= 15 is 0 Å². The Morgan fingerprint density at radius 1 is 1.41 bits per heavy atom. The van der Waals surface area contributed by atoms with E-state index in [-0.39, 0.29) is 31.2 Å². The van der Waals surface area contributed by atoms with Crippen molar-refractivity contribution in [2.45, 2.75) is 19.0 Å². The Kier molecular flexibility index (Phi) is 9.03. The number of benzene rings is 1. The van der Waals surface area contributed by atoms with E-state index in [1.807, 2.05) is 10.3 Å². The van der Waals surface area contributed by atoms with Gasteiger partial charge in [-0.3, -0.25) is 19.5 Å². The zero-order valence-corrected chi connectivity index (χ0v) is 23.0. The molecule has 0 radical (unpaired) electrons. The number of carbonyl (C=O) groups excluding carboxylic acids is 2. The maximum Gasteiger partial charge on any atom is 0.338 e. The first-order valence-electron chi connectivity index (χ1n) is 11.6. The molecule has 0 aliphatic carbocycles. The molecule has 13 heteroatoms. The first-order valence-corrected chi connectivity index (χ1v) is 13.2. The van der Waals surface area contributed by atoms with Crippen LogP contribution >= 0.6 is 27.3 Å². The van der Waals surface area contributed by atoms with Gasteiger partial charge in [-0.2, -0.15) is 0 Å². The number of aromatic nitrogens is 1. The van der Waals surface area contributed by atoms with Crippen LogP contribution in [-0.2, 0) is 23.9 Å². The van der Waals surface area contributed by atoms with Crippen LogP contribution in [0.25, 0.3) is 0 Å². The number of likely N-dealkylation sites (N-methyl/N-ethyl adjacent to an activating group) is 1. The van der Waals surface area contributed by atoms with E-state index in [0.29, 0.717) is 39.7 Å². The van der Waals surface area contributed by atoms with Crippen LogP contribution in [0.1, 0.15) is 23.5 Å². The fourth-order valence-electron chi connectivity index (χ4n) is 4.12. The summed E-state index contributed by atoms with van der Waals surface area (Å²) in [5.41, 5.74) is 1.37. The number of hydrogen-bond acceptors (Lipinski definition) is 10.